The number of amides is 2. The number of ether oxygens (including phenoxy) is 2. The average Bonchev–Trinajstić information content (AvgIpc) is 2.77. The van der Waals surface area contributed by atoms with Gasteiger partial charge in [0.2, 0.25) is 0 Å². The van der Waals surface area contributed by atoms with Gasteiger partial charge in [0.05, 0.1) is 0 Å². The lowest BCUT2D eigenvalue weighted by molar-refractivity contribution is -0.139. The van der Waals surface area contributed by atoms with Crippen molar-refractivity contribution in [3.63, 3.8) is 0 Å². The number of hydrogen-bond acceptors (Lipinski definition) is 5. The van der Waals surface area contributed by atoms with E-state index in [-0.39, 0.29) is 23.6 Å². The molecule has 2 atom stereocenters. The Morgan fingerprint density at radius 2 is 1.48 bits per heavy atom. The molecule has 0 saturated carbocycles. The summed E-state index contributed by atoms with van der Waals surface area (Å²) >= 11 is 5.86. The largest absolute Gasteiger partial charge is 0.508 e. The molecule has 8 heteroatoms. The number of aromatic hydroxyl groups is 1. The van der Waals surface area contributed by atoms with Crippen LogP contribution in [0.1, 0.15) is 26.7 Å². The fraction of sp³-hybridized carbons (Fsp3) is 0.391. The van der Waals surface area contributed by atoms with E-state index in [4.69, 9.17) is 21.1 Å². The molecule has 3 rings (SSSR count). The molecular formula is C23H27ClN2O5. The number of likely N-dealkylation sites (tertiary alicyclic amines) is 1. The molecule has 31 heavy (non-hydrogen) atoms. The Balaban J connectivity index is 1.42. The zero-order valence-corrected chi connectivity index (χ0v) is 18.3. The van der Waals surface area contributed by atoms with Crippen molar-refractivity contribution in [3.05, 3.63) is 53.6 Å². The van der Waals surface area contributed by atoms with Gasteiger partial charge in [-0.25, -0.2) is 0 Å². The first-order valence-corrected chi connectivity index (χ1v) is 10.7. The van der Waals surface area contributed by atoms with E-state index in [1.807, 2.05) is 0 Å². The number of carbonyl (C=O) groups excluding carboxylic acids is 2. The van der Waals surface area contributed by atoms with Crippen molar-refractivity contribution in [2.24, 2.45) is 0 Å². The van der Waals surface area contributed by atoms with E-state index in [0.717, 1.165) is 0 Å². The molecule has 0 bridgehead atoms. The van der Waals surface area contributed by atoms with Crippen LogP contribution >= 0.6 is 11.6 Å². The van der Waals surface area contributed by atoms with Crippen molar-refractivity contribution >= 4 is 23.4 Å². The van der Waals surface area contributed by atoms with E-state index in [9.17, 15) is 14.7 Å². The maximum Gasteiger partial charge on any atom is 0.263 e. The van der Waals surface area contributed by atoms with E-state index < -0.39 is 12.2 Å². The summed E-state index contributed by atoms with van der Waals surface area (Å²) in [4.78, 5) is 26.9. The molecule has 1 heterocycles. The molecule has 0 spiro atoms. The molecule has 1 aliphatic heterocycles. The first-order chi connectivity index (χ1) is 14.8. The van der Waals surface area contributed by atoms with Crippen LogP contribution in [-0.2, 0) is 9.59 Å². The third-order valence-corrected chi connectivity index (χ3v) is 5.40. The van der Waals surface area contributed by atoms with Gasteiger partial charge in [-0.15, -0.1) is 0 Å². The topological polar surface area (TPSA) is 88.1 Å². The van der Waals surface area contributed by atoms with E-state index in [0.29, 0.717) is 42.5 Å². The Bertz CT molecular complexity index is 880. The Kier molecular flexibility index (Phi) is 7.63. The van der Waals surface area contributed by atoms with Gasteiger partial charge in [0.15, 0.2) is 12.2 Å². The van der Waals surface area contributed by atoms with Crippen LogP contribution in [0.2, 0.25) is 5.02 Å². The molecule has 2 aromatic rings. The van der Waals surface area contributed by atoms with Crippen molar-refractivity contribution in [2.75, 3.05) is 13.1 Å². The first kappa shape index (κ1) is 22.7. The summed E-state index contributed by atoms with van der Waals surface area (Å²) in [7, 11) is 0. The van der Waals surface area contributed by atoms with Crippen LogP contribution in [0.5, 0.6) is 17.2 Å². The number of piperidine rings is 1. The van der Waals surface area contributed by atoms with Crippen molar-refractivity contribution in [1.29, 1.82) is 0 Å². The van der Waals surface area contributed by atoms with Crippen molar-refractivity contribution in [2.45, 2.75) is 44.9 Å². The van der Waals surface area contributed by atoms with Crippen molar-refractivity contribution in [3.8, 4) is 17.2 Å². The quantitative estimate of drug-likeness (QED) is 0.680. The third kappa shape index (κ3) is 6.52. The second kappa shape index (κ2) is 10.4. The lowest BCUT2D eigenvalue weighted by Crippen LogP contribution is -2.51. The van der Waals surface area contributed by atoms with Gasteiger partial charge >= 0.3 is 0 Å². The molecule has 1 aliphatic rings. The highest BCUT2D eigenvalue weighted by atomic mass is 35.5. The molecule has 0 aromatic heterocycles. The van der Waals surface area contributed by atoms with E-state index in [1.165, 1.54) is 12.1 Å². The number of carbonyl (C=O) groups is 2. The Hall–Kier alpha value is -2.93. The molecule has 166 valence electrons. The number of benzene rings is 2. The van der Waals surface area contributed by atoms with Gasteiger partial charge in [0.25, 0.3) is 11.8 Å². The number of nitrogens with one attached hydrogen (secondary N) is 1. The number of halogens is 1. The maximum absolute atomic E-state index is 12.7. The predicted octanol–water partition coefficient (Wildman–Crippen LogP) is 3.39. The number of nitrogens with zero attached hydrogens (tertiary/aromatic N) is 1. The standard InChI is InChI=1S/C23H27ClN2O5/c1-15(30-20-7-3-17(24)4-8-20)22(28)25-18-11-13-26(14-12-18)23(29)16(2)31-21-9-5-19(27)6-10-21/h3-10,15-16,18,27H,11-14H2,1-2H3,(H,25,28). The van der Waals surface area contributed by atoms with Crippen LogP contribution in [0, 0.1) is 0 Å². The van der Waals surface area contributed by atoms with E-state index in [2.05, 4.69) is 5.32 Å². The number of rotatable bonds is 7. The zero-order valence-electron chi connectivity index (χ0n) is 17.6. The van der Waals surface area contributed by atoms with Gasteiger partial charge in [0, 0.05) is 24.2 Å². The summed E-state index contributed by atoms with van der Waals surface area (Å²) in [6.07, 6.45) is 0.0526. The molecular weight excluding hydrogens is 420 g/mol. The lowest BCUT2D eigenvalue weighted by Gasteiger charge is -2.34. The number of phenols is 1. The Morgan fingerprint density at radius 3 is 2.06 bits per heavy atom. The van der Waals surface area contributed by atoms with Gasteiger partial charge in [-0.3, -0.25) is 9.59 Å². The van der Waals surface area contributed by atoms with Crippen LogP contribution < -0.4 is 14.8 Å². The molecule has 2 amide bonds. The van der Waals surface area contributed by atoms with Crippen molar-refractivity contribution in [1.82, 2.24) is 10.2 Å². The molecule has 0 radical (unpaired) electrons. The lowest BCUT2D eigenvalue weighted by atomic mass is 10.0. The zero-order chi connectivity index (χ0) is 22.4. The van der Waals surface area contributed by atoms with Crippen LogP contribution in [0.3, 0.4) is 0 Å². The van der Waals surface area contributed by atoms with Gasteiger partial charge < -0.3 is 24.8 Å². The Labute approximate surface area is 186 Å². The normalized spacial score (nSPS) is 16.3. The van der Waals surface area contributed by atoms with Gasteiger partial charge in [-0.2, -0.15) is 0 Å². The number of hydrogen-bond donors (Lipinski definition) is 2. The minimum atomic E-state index is -0.639. The Morgan fingerprint density at radius 1 is 0.968 bits per heavy atom. The summed E-state index contributed by atoms with van der Waals surface area (Å²) in [5.74, 6) is 0.954. The fourth-order valence-electron chi connectivity index (χ4n) is 3.37. The van der Waals surface area contributed by atoms with E-state index >= 15 is 0 Å². The van der Waals surface area contributed by atoms with Crippen LogP contribution in [0.4, 0.5) is 0 Å². The van der Waals surface area contributed by atoms with Gasteiger partial charge in [0.1, 0.15) is 17.2 Å². The average molecular weight is 447 g/mol. The summed E-state index contributed by atoms with van der Waals surface area (Å²) < 4.78 is 11.3. The second-order valence-corrected chi connectivity index (χ2v) is 8.01. The summed E-state index contributed by atoms with van der Waals surface area (Å²) in [5, 5.41) is 12.9. The SMILES string of the molecule is CC(Oc1ccc(Cl)cc1)C(=O)NC1CCN(C(=O)C(C)Oc2ccc(O)cc2)CC1. The third-order valence-electron chi connectivity index (χ3n) is 5.15. The smallest absolute Gasteiger partial charge is 0.263 e. The molecule has 0 aliphatic carbocycles. The summed E-state index contributed by atoms with van der Waals surface area (Å²) in [6, 6.07) is 13.1. The monoisotopic (exact) mass is 446 g/mol. The molecule has 1 fully saturated rings. The molecule has 7 nitrogen and oxygen atoms in total. The molecule has 2 aromatic carbocycles. The number of phenolic OH excluding ortho intramolecular Hbond substituents is 1. The van der Waals surface area contributed by atoms with Gasteiger partial charge in [-0.05, 0) is 75.2 Å². The highest BCUT2D eigenvalue weighted by molar-refractivity contribution is 6.30. The van der Waals surface area contributed by atoms with Crippen LogP contribution in [0.15, 0.2) is 48.5 Å². The van der Waals surface area contributed by atoms with Gasteiger partial charge in [-0.1, -0.05) is 11.6 Å². The van der Waals surface area contributed by atoms with E-state index in [1.54, 1.807) is 55.1 Å². The maximum atomic E-state index is 12.7. The highest BCUT2D eigenvalue weighted by Crippen LogP contribution is 2.20. The highest BCUT2D eigenvalue weighted by Gasteiger charge is 2.28. The molecule has 2 unspecified atom stereocenters. The second-order valence-electron chi connectivity index (χ2n) is 7.58. The minimum Gasteiger partial charge on any atom is -0.508 e. The fourth-order valence-corrected chi connectivity index (χ4v) is 3.50. The van der Waals surface area contributed by atoms with Crippen LogP contribution in [0.25, 0.3) is 0 Å². The minimum absolute atomic E-state index is 0.0128. The molecule has 1 saturated heterocycles. The summed E-state index contributed by atoms with van der Waals surface area (Å²) in [6.45, 7) is 4.49. The predicted molar refractivity (Wildman–Crippen MR) is 117 cm³/mol. The first-order valence-electron chi connectivity index (χ1n) is 10.3. The van der Waals surface area contributed by atoms with Crippen LogP contribution in [-0.4, -0.2) is 53.2 Å². The van der Waals surface area contributed by atoms with Crippen molar-refractivity contribution < 1.29 is 24.2 Å². The molecule has 2 N–H and O–H groups in total. The summed E-state index contributed by atoms with van der Waals surface area (Å²) in [5.41, 5.74) is 0.